The van der Waals surface area contributed by atoms with Crippen molar-refractivity contribution < 1.29 is 22.7 Å². The summed E-state index contributed by atoms with van der Waals surface area (Å²) < 4.78 is 45.1. The number of benzene rings is 1. The fraction of sp³-hybridized carbons (Fsp3) is 0.333. The number of nitrogen functional groups attached to an aromatic ring is 1. The van der Waals surface area contributed by atoms with Gasteiger partial charge in [-0.2, -0.15) is 5.10 Å². The molecule has 2 aromatic rings. The summed E-state index contributed by atoms with van der Waals surface area (Å²) in [6, 6.07) is 1.59. The number of H-pyrrole nitrogens is 1. The largest absolute Gasteiger partial charge is 0.465 e. The molecule has 1 heterocycles. The fourth-order valence-electron chi connectivity index (χ4n) is 2.21. The van der Waals surface area contributed by atoms with Crippen LogP contribution in [0.4, 0.5) is 19.0 Å². The molecule has 1 aromatic heterocycles. The van der Waals surface area contributed by atoms with Crippen molar-refractivity contribution in [3.63, 3.8) is 0 Å². The van der Waals surface area contributed by atoms with E-state index in [1.54, 1.807) is 20.8 Å². The first-order valence-electron chi connectivity index (χ1n) is 6.86. The van der Waals surface area contributed by atoms with Gasteiger partial charge >= 0.3 is 5.97 Å². The Hall–Kier alpha value is -2.51. The Kier molecular flexibility index (Phi) is 4.35. The lowest BCUT2D eigenvalue weighted by Crippen LogP contribution is -2.32. The van der Waals surface area contributed by atoms with Gasteiger partial charge in [-0.3, -0.25) is 9.89 Å². The van der Waals surface area contributed by atoms with E-state index in [9.17, 15) is 18.0 Å². The highest BCUT2D eigenvalue weighted by Crippen LogP contribution is 2.37. The number of nitrogens with one attached hydrogen (secondary N) is 1. The van der Waals surface area contributed by atoms with E-state index < -0.39 is 28.8 Å². The molecular formula is C15H16F3N3O2. The maximum Gasteiger partial charge on any atom is 0.317 e. The second-order valence-corrected chi connectivity index (χ2v) is 5.46. The quantitative estimate of drug-likeness (QED) is 0.668. The molecule has 0 radical (unpaired) electrons. The summed E-state index contributed by atoms with van der Waals surface area (Å²) in [6.45, 7) is 4.90. The van der Waals surface area contributed by atoms with Crippen molar-refractivity contribution in [2.24, 2.45) is 0 Å². The van der Waals surface area contributed by atoms with Gasteiger partial charge in [-0.05, 0) is 38.5 Å². The molecule has 0 unspecified atom stereocenters. The Morgan fingerprint density at radius 2 is 1.87 bits per heavy atom. The van der Waals surface area contributed by atoms with Crippen LogP contribution in [0.5, 0.6) is 0 Å². The van der Waals surface area contributed by atoms with Crippen molar-refractivity contribution in [3.8, 4) is 11.1 Å². The smallest absolute Gasteiger partial charge is 0.317 e. The standard InChI is InChI=1S/C15H16F3N3O2/c1-4-23-14(22)15(2,3)12-10(13(19)21-20-12)7-5-8(16)11(18)9(17)6-7/h5-6H,4H2,1-3H3,(H3,19,20,21). The van der Waals surface area contributed by atoms with E-state index in [1.165, 1.54) is 0 Å². The van der Waals surface area contributed by atoms with Crippen LogP contribution in [-0.2, 0) is 14.9 Å². The second kappa shape index (κ2) is 5.94. The highest BCUT2D eigenvalue weighted by atomic mass is 19.2. The summed E-state index contributed by atoms with van der Waals surface area (Å²) in [6.07, 6.45) is 0. The molecule has 0 saturated heterocycles. The molecule has 0 fully saturated rings. The van der Waals surface area contributed by atoms with Gasteiger partial charge in [0.1, 0.15) is 11.2 Å². The molecule has 0 amide bonds. The number of halogens is 3. The minimum absolute atomic E-state index is 0.00258. The van der Waals surface area contributed by atoms with Crippen LogP contribution in [0, 0.1) is 17.5 Å². The number of aromatic nitrogens is 2. The van der Waals surface area contributed by atoms with Gasteiger partial charge < -0.3 is 10.5 Å². The summed E-state index contributed by atoms with van der Waals surface area (Å²) >= 11 is 0. The zero-order valence-corrected chi connectivity index (χ0v) is 12.8. The Morgan fingerprint density at radius 3 is 2.39 bits per heavy atom. The zero-order valence-electron chi connectivity index (χ0n) is 12.8. The third-order valence-electron chi connectivity index (χ3n) is 3.44. The van der Waals surface area contributed by atoms with Gasteiger partial charge in [-0.1, -0.05) is 0 Å². The van der Waals surface area contributed by atoms with Gasteiger partial charge in [0.2, 0.25) is 0 Å². The maximum atomic E-state index is 13.5. The van der Waals surface area contributed by atoms with Gasteiger partial charge in [0.25, 0.3) is 0 Å². The summed E-state index contributed by atoms with van der Waals surface area (Å²) in [5.41, 5.74) is 4.80. The van der Waals surface area contributed by atoms with Crippen LogP contribution in [0.25, 0.3) is 11.1 Å². The third-order valence-corrected chi connectivity index (χ3v) is 3.44. The highest BCUT2D eigenvalue weighted by Gasteiger charge is 2.37. The topological polar surface area (TPSA) is 81.0 Å². The van der Waals surface area contributed by atoms with Crippen LogP contribution >= 0.6 is 0 Å². The maximum absolute atomic E-state index is 13.5. The van der Waals surface area contributed by atoms with E-state index in [0.717, 1.165) is 12.1 Å². The van der Waals surface area contributed by atoms with Crippen molar-refractivity contribution in [2.45, 2.75) is 26.2 Å². The number of hydrogen-bond donors (Lipinski definition) is 2. The first-order valence-corrected chi connectivity index (χ1v) is 6.86. The normalized spacial score (nSPS) is 11.6. The molecule has 124 valence electrons. The van der Waals surface area contributed by atoms with Crippen molar-refractivity contribution >= 4 is 11.8 Å². The highest BCUT2D eigenvalue weighted by molar-refractivity contribution is 5.87. The fourth-order valence-corrected chi connectivity index (χ4v) is 2.21. The van der Waals surface area contributed by atoms with Crippen LogP contribution in [-0.4, -0.2) is 22.8 Å². The number of carbonyl (C=O) groups is 1. The van der Waals surface area contributed by atoms with Gasteiger partial charge in [0.05, 0.1) is 12.3 Å². The number of nitrogens with zero attached hydrogens (tertiary/aromatic N) is 1. The van der Waals surface area contributed by atoms with Crippen LogP contribution in [0.2, 0.25) is 0 Å². The molecule has 2 rings (SSSR count). The van der Waals surface area contributed by atoms with Gasteiger partial charge in [-0.15, -0.1) is 0 Å². The van der Waals surface area contributed by atoms with Crippen molar-refractivity contribution in [1.29, 1.82) is 0 Å². The van der Waals surface area contributed by atoms with E-state index >= 15 is 0 Å². The minimum Gasteiger partial charge on any atom is -0.465 e. The van der Waals surface area contributed by atoms with Crippen molar-refractivity contribution in [3.05, 3.63) is 35.3 Å². The third kappa shape index (κ3) is 2.88. The average molecular weight is 327 g/mol. The van der Waals surface area contributed by atoms with Crippen molar-refractivity contribution in [1.82, 2.24) is 10.2 Å². The Morgan fingerprint density at radius 1 is 1.30 bits per heavy atom. The summed E-state index contributed by atoms with van der Waals surface area (Å²) in [5.74, 6) is -4.87. The predicted molar refractivity (Wildman–Crippen MR) is 78.0 cm³/mol. The van der Waals surface area contributed by atoms with E-state index in [1.807, 2.05) is 0 Å². The lowest BCUT2D eigenvalue weighted by molar-refractivity contribution is -0.148. The minimum atomic E-state index is -1.58. The first kappa shape index (κ1) is 16.9. The number of hydrogen-bond acceptors (Lipinski definition) is 4. The molecule has 23 heavy (non-hydrogen) atoms. The summed E-state index contributed by atoms with van der Waals surface area (Å²) in [5, 5.41) is 6.43. The molecule has 1 aromatic carbocycles. The number of esters is 1. The molecule has 0 saturated carbocycles. The van der Waals surface area contributed by atoms with Crippen LogP contribution in [0.15, 0.2) is 12.1 Å². The zero-order chi connectivity index (χ0) is 17.4. The second-order valence-electron chi connectivity index (χ2n) is 5.46. The number of nitrogens with two attached hydrogens (primary N) is 1. The monoisotopic (exact) mass is 327 g/mol. The molecule has 0 spiro atoms. The van der Waals surface area contributed by atoms with Gasteiger partial charge in [0.15, 0.2) is 17.5 Å². The molecule has 0 aliphatic carbocycles. The molecule has 0 aliphatic rings. The summed E-state index contributed by atoms with van der Waals surface area (Å²) in [7, 11) is 0. The number of aromatic amines is 1. The summed E-state index contributed by atoms with van der Waals surface area (Å²) in [4.78, 5) is 12.1. The molecule has 8 heteroatoms. The van der Waals surface area contributed by atoms with Crippen LogP contribution in [0.3, 0.4) is 0 Å². The SMILES string of the molecule is CCOC(=O)C(C)(C)c1n[nH]c(N)c1-c1cc(F)c(F)c(F)c1. The predicted octanol–water partition coefficient (Wildman–Crippen LogP) is 2.92. The molecule has 0 aliphatic heterocycles. The molecule has 0 bridgehead atoms. The number of rotatable bonds is 4. The lowest BCUT2D eigenvalue weighted by Gasteiger charge is -2.21. The van der Waals surface area contributed by atoms with E-state index in [4.69, 9.17) is 10.5 Å². The van der Waals surface area contributed by atoms with Crippen LogP contribution < -0.4 is 5.73 Å². The van der Waals surface area contributed by atoms with Gasteiger partial charge in [-0.25, -0.2) is 13.2 Å². The Balaban J connectivity index is 2.62. The molecule has 0 atom stereocenters. The number of carbonyl (C=O) groups excluding carboxylic acids is 1. The Bertz CT molecular complexity index is 733. The van der Waals surface area contributed by atoms with Crippen molar-refractivity contribution in [2.75, 3.05) is 12.3 Å². The van der Waals surface area contributed by atoms with Gasteiger partial charge in [0, 0.05) is 5.56 Å². The molecular weight excluding hydrogens is 311 g/mol. The number of ether oxygens (including phenoxy) is 1. The van der Waals surface area contributed by atoms with E-state index in [2.05, 4.69) is 10.2 Å². The lowest BCUT2D eigenvalue weighted by atomic mass is 9.85. The molecule has 3 N–H and O–H groups in total. The first-order chi connectivity index (χ1) is 10.7. The van der Waals surface area contributed by atoms with E-state index in [0.29, 0.717) is 0 Å². The molecule has 5 nitrogen and oxygen atoms in total. The van der Waals surface area contributed by atoms with E-state index in [-0.39, 0.29) is 29.2 Å². The number of anilines is 1. The average Bonchev–Trinajstić information content (AvgIpc) is 2.87. The van der Waals surface area contributed by atoms with Crippen LogP contribution in [0.1, 0.15) is 26.5 Å². The Labute approximate surface area is 130 Å².